The number of carbonyl (C=O) groups is 1. The monoisotopic (exact) mass is 416 g/mol. The Balaban J connectivity index is 1.56. The predicted molar refractivity (Wildman–Crippen MR) is 120 cm³/mol. The molecule has 1 unspecified atom stereocenters. The molecule has 160 valence electrons. The van der Waals surface area contributed by atoms with Crippen LogP contribution in [0.1, 0.15) is 47.6 Å². The van der Waals surface area contributed by atoms with Crippen molar-refractivity contribution < 1.29 is 19.4 Å². The quantitative estimate of drug-likeness (QED) is 0.499. The molecular weight excluding hydrogens is 388 g/mol. The van der Waals surface area contributed by atoms with E-state index in [-0.39, 0.29) is 12.7 Å². The number of carboxylic acids is 1. The van der Waals surface area contributed by atoms with Crippen molar-refractivity contribution in [2.75, 3.05) is 13.2 Å². The maximum absolute atomic E-state index is 11.3. The van der Waals surface area contributed by atoms with Gasteiger partial charge in [0.05, 0.1) is 12.2 Å². The zero-order valence-electron chi connectivity index (χ0n) is 17.6. The fourth-order valence-electron chi connectivity index (χ4n) is 4.55. The summed E-state index contributed by atoms with van der Waals surface area (Å²) in [5.74, 6) is -0.949. The number of carboxylic acid groups (broad SMARTS) is 1. The van der Waals surface area contributed by atoms with Crippen molar-refractivity contribution >= 4 is 5.97 Å². The Kier molecular flexibility index (Phi) is 6.80. The minimum Gasteiger partial charge on any atom is -0.480 e. The van der Waals surface area contributed by atoms with E-state index < -0.39 is 11.6 Å². The summed E-state index contributed by atoms with van der Waals surface area (Å²) in [4.78, 5) is 11.3. The minimum atomic E-state index is -0.949. The van der Waals surface area contributed by atoms with Crippen LogP contribution in [-0.4, -0.2) is 24.3 Å². The van der Waals surface area contributed by atoms with E-state index in [1.165, 1.54) is 5.56 Å². The lowest BCUT2D eigenvalue weighted by molar-refractivity contribution is -0.154. The summed E-state index contributed by atoms with van der Waals surface area (Å²) in [6, 6.07) is 28.6. The average molecular weight is 417 g/mol. The maximum atomic E-state index is 11.3. The van der Waals surface area contributed by atoms with Crippen molar-refractivity contribution in [3.8, 4) is 0 Å². The van der Waals surface area contributed by atoms with Gasteiger partial charge in [-0.05, 0) is 41.5 Å². The molecule has 3 aromatic carbocycles. The molecule has 3 aromatic rings. The lowest BCUT2D eigenvalue weighted by Crippen LogP contribution is -2.37. The molecule has 4 heteroatoms. The molecule has 4 nitrogen and oxygen atoms in total. The molecule has 0 fully saturated rings. The first kappa shape index (κ1) is 21.3. The Hall–Kier alpha value is -2.95. The van der Waals surface area contributed by atoms with E-state index in [4.69, 9.17) is 9.47 Å². The lowest BCUT2D eigenvalue weighted by Gasteiger charge is -2.39. The summed E-state index contributed by atoms with van der Waals surface area (Å²) < 4.78 is 12.5. The number of aryl methyl sites for hydroxylation is 1. The second-order valence-electron chi connectivity index (χ2n) is 8.01. The molecule has 0 aliphatic heterocycles. The molecule has 0 spiro atoms. The Labute approximate surface area is 183 Å². The molecule has 0 saturated carbocycles. The molecule has 1 aliphatic rings. The molecule has 1 aliphatic carbocycles. The van der Waals surface area contributed by atoms with Gasteiger partial charge < -0.3 is 14.6 Å². The van der Waals surface area contributed by atoms with Gasteiger partial charge in [0.1, 0.15) is 12.7 Å². The molecule has 1 atom stereocenters. The molecule has 0 heterocycles. The molecule has 0 amide bonds. The van der Waals surface area contributed by atoms with Crippen LogP contribution in [0.3, 0.4) is 0 Å². The van der Waals surface area contributed by atoms with Crippen molar-refractivity contribution in [2.24, 2.45) is 0 Å². The van der Waals surface area contributed by atoms with Crippen LogP contribution in [-0.2, 0) is 26.3 Å². The second kappa shape index (κ2) is 9.90. The molecule has 0 bridgehead atoms. The van der Waals surface area contributed by atoms with E-state index in [1.54, 1.807) is 0 Å². The van der Waals surface area contributed by atoms with Crippen LogP contribution in [0.4, 0.5) is 0 Å². The van der Waals surface area contributed by atoms with E-state index in [0.717, 1.165) is 36.0 Å². The fourth-order valence-corrected chi connectivity index (χ4v) is 4.55. The van der Waals surface area contributed by atoms with Gasteiger partial charge >= 0.3 is 5.97 Å². The lowest BCUT2D eigenvalue weighted by atomic mass is 9.77. The van der Waals surface area contributed by atoms with Gasteiger partial charge in [-0.25, -0.2) is 4.79 Å². The third kappa shape index (κ3) is 5.04. The van der Waals surface area contributed by atoms with Gasteiger partial charge in [-0.3, -0.25) is 0 Å². The van der Waals surface area contributed by atoms with Crippen LogP contribution in [0.5, 0.6) is 0 Å². The number of hydrogen-bond donors (Lipinski definition) is 1. The Bertz CT molecular complexity index is 947. The Morgan fingerprint density at radius 2 is 1.52 bits per heavy atom. The number of aliphatic carboxylic acids is 1. The van der Waals surface area contributed by atoms with E-state index >= 15 is 0 Å². The van der Waals surface area contributed by atoms with Crippen LogP contribution < -0.4 is 0 Å². The van der Waals surface area contributed by atoms with Crippen molar-refractivity contribution in [3.05, 3.63) is 107 Å². The van der Waals surface area contributed by atoms with Gasteiger partial charge in [-0.1, -0.05) is 84.9 Å². The zero-order chi connectivity index (χ0) is 21.5. The van der Waals surface area contributed by atoms with Crippen molar-refractivity contribution in [3.63, 3.8) is 0 Å². The third-order valence-electron chi connectivity index (χ3n) is 6.00. The predicted octanol–water partition coefficient (Wildman–Crippen LogP) is 5.52. The highest BCUT2D eigenvalue weighted by molar-refractivity contribution is 5.68. The summed E-state index contributed by atoms with van der Waals surface area (Å²) >= 11 is 0. The zero-order valence-corrected chi connectivity index (χ0v) is 17.6. The summed E-state index contributed by atoms with van der Waals surface area (Å²) in [7, 11) is 0. The van der Waals surface area contributed by atoms with E-state index in [0.29, 0.717) is 13.0 Å². The topological polar surface area (TPSA) is 55.8 Å². The first-order valence-electron chi connectivity index (χ1n) is 10.8. The summed E-state index contributed by atoms with van der Waals surface area (Å²) in [5.41, 5.74) is 3.89. The molecule has 1 N–H and O–H groups in total. The van der Waals surface area contributed by atoms with E-state index in [2.05, 4.69) is 36.4 Å². The first-order chi connectivity index (χ1) is 15.2. The highest BCUT2D eigenvalue weighted by Crippen LogP contribution is 2.41. The van der Waals surface area contributed by atoms with Gasteiger partial charge in [0.15, 0.2) is 0 Å². The Morgan fingerprint density at radius 1 is 0.903 bits per heavy atom. The smallest absolute Gasteiger partial charge is 0.329 e. The van der Waals surface area contributed by atoms with Crippen LogP contribution in [0.2, 0.25) is 0 Å². The van der Waals surface area contributed by atoms with Gasteiger partial charge in [-0.2, -0.15) is 0 Å². The summed E-state index contributed by atoms with van der Waals surface area (Å²) in [6.45, 7) is 0.150. The number of rotatable bonds is 9. The summed E-state index contributed by atoms with van der Waals surface area (Å²) in [5, 5.41) is 9.26. The van der Waals surface area contributed by atoms with E-state index in [1.807, 2.05) is 48.5 Å². The number of fused-ring (bicyclic) bond motifs is 1. The number of hydrogen-bond acceptors (Lipinski definition) is 3. The maximum Gasteiger partial charge on any atom is 0.329 e. The highest BCUT2D eigenvalue weighted by Gasteiger charge is 2.38. The average Bonchev–Trinajstić information content (AvgIpc) is 2.82. The largest absolute Gasteiger partial charge is 0.480 e. The Morgan fingerprint density at radius 3 is 2.16 bits per heavy atom. The van der Waals surface area contributed by atoms with Crippen LogP contribution >= 0.6 is 0 Å². The van der Waals surface area contributed by atoms with Gasteiger partial charge in [0, 0.05) is 6.42 Å². The van der Waals surface area contributed by atoms with E-state index in [9.17, 15) is 9.90 Å². The van der Waals surface area contributed by atoms with Gasteiger partial charge in [0.25, 0.3) is 0 Å². The van der Waals surface area contributed by atoms with Crippen LogP contribution in [0.25, 0.3) is 0 Å². The first-order valence-corrected chi connectivity index (χ1v) is 10.8. The standard InChI is InChI=1S/C27H28O4/c28-25(29)20-31-27(17-9-15-21-10-7-8-16-24(21)27)18-19-30-26(22-11-3-1-4-12-22)23-13-5-2-6-14-23/h1-8,10-14,16,26H,9,15,17-20H2,(H,28,29). The highest BCUT2D eigenvalue weighted by atomic mass is 16.5. The van der Waals surface area contributed by atoms with Crippen molar-refractivity contribution in [2.45, 2.75) is 37.4 Å². The third-order valence-corrected chi connectivity index (χ3v) is 6.00. The molecular formula is C27H28O4. The SMILES string of the molecule is O=C(O)COC1(CCOC(c2ccccc2)c2ccccc2)CCCc2ccccc21. The van der Waals surface area contributed by atoms with Gasteiger partial charge in [-0.15, -0.1) is 0 Å². The second-order valence-corrected chi connectivity index (χ2v) is 8.01. The minimum absolute atomic E-state index is 0.183. The van der Waals surface area contributed by atoms with Crippen LogP contribution in [0.15, 0.2) is 84.9 Å². The molecule has 31 heavy (non-hydrogen) atoms. The van der Waals surface area contributed by atoms with Crippen molar-refractivity contribution in [1.82, 2.24) is 0 Å². The molecule has 4 rings (SSSR count). The normalized spacial score (nSPS) is 18.0. The number of ether oxygens (including phenoxy) is 2. The van der Waals surface area contributed by atoms with Gasteiger partial charge in [0.2, 0.25) is 0 Å². The molecule has 0 saturated heterocycles. The molecule has 0 aromatic heterocycles. The molecule has 0 radical (unpaired) electrons. The summed E-state index contributed by atoms with van der Waals surface area (Å²) in [6.07, 6.45) is 3.18. The van der Waals surface area contributed by atoms with Crippen LogP contribution in [0, 0.1) is 0 Å². The fraction of sp³-hybridized carbons (Fsp3) is 0.296. The van der Waals surface area contributed by atoms with Crippen molar-refractivity contribution in [1.29, 1.82) is 0 Å². The number of benzene rings is 3.